The lowest BCUT2D eigenvalue weighted by Gasteiger charge is -2.31. The molecule has 0 saturated heterocycles. The molecule has 0 bridgehead atoms. The van der Waals surface area contributed by atoms with E-state index in [1.807, 2.05) is 6.92 Å². The molecule has 1 aliphatic heterocycles. The lowest BCUT2D eigenvalue weighted by Crippen LogP contribution is -2.39. The van der Waals surface area contributed by atoms with Crippen LogP contribution in [0, 0.1) is 6.92 Å². The average Bonchev–Trinajstić information content (AvgIpc) is 2.62. The van der Waals surface area contributed by atoms with Gasteiger partial charge in [-0.2, -0.15) is 0 Å². The van der Waals surface area contributed by atoms with Gasteiger partial charge in [0.05, 0.1) is 22.7 Å². The van der Waals surface area contributed by atoms with Crippen LogP contribution in [0.2, 0.25) is 0 Å². The van der Waals surface area contributed by atoms with Crippen LogP contribution in [0.4, 0.5) is 5.69 Å². The number of aliphatic carboxylic acids is 1. The molecule has 0 atom stereocenters. The first kappa shape index (κ1) is 17.7. The molecule has 2 N–H and O–H groups in total. The van der Waals surface area contributed by atoms with E-state index in [4.69, 9.17) is 5.11 Å². The van der Waals surface area contributed by atoms with Gasteiger partial charge in [0.15, 0.2) is 0 Å². The fourth-order valence-electron chi connectivity index (χ4n) is 2.72. The van der Waals surface area contributed by atoms with Crippen LogP contribution in [0.25, 0.3) is 5.76 Å². The first-order valence-electron chi connectivity index (χ1n) is 7.62. The van der Waals surface area contributed by atoms with E-state index in [0.29, 0.717) is 0 Å². The van der Waals surface area contributed by atoms with E-state index in [1.54, 1.807) is 24.3 Å². The van der Waals surface area contributed by atoms with Gasteiger partial charge in [-0.3, -0.25) is 9.10 Å². The van der Waals surface area contributed by atoms with Crippen molar-refractivity contribution in [2.45, 2.75) is 11.8 Å². The number of carbonyl (C=O) groups excluding carboxylic acids is 1. The van der Waals surface area contributed by atoms with E-state index >= 15 is 0 Å². The Morgan fingerprint density at radius 2 is 1.65 bits per heavy atom. The molecule has 0 fully saturated rings. The number of carboxylic acid groups (broad SMARTS) is 1. The number of carboxylic acids is 1. The van der Waals surface area contributed by atoms with Gasteiger partial charge in [-0.1, -0.05) is 29.8 Å². The Hall–Kier alpha value is -3.13. The third-order valence-electron chi connectivity index (χ3n) is 4.09. The lowest BCUT2D eigenvalue weighted by atomic mass is 9.99. The van der Waals surface area contributed by atoms with Gasteiger partial charge in [0, 0.05) is 5.56 Å². The predicted molar refractivity (Wildman–Crippen MR) is 94.3 cm³/mol. The maximum Gasteiger partial charge on any atom is 0.377 e. The highest BCUT2D eigenvalue weighted by atomic mass is 32.2. The largest absolute Gasteiger partial charge is 0.507 e. The van der Waals surface area contributed by atoms with Crippen molar-refractivity contribution >= 4 is 33.2 Å². The quantitative estimate of drug-likeness (QED) is 0.794. The number of rotatable bonds is 4. The summed E-state index contributed by atoms with van der Waals surface area (Å²) in [5.74, 6) is -3.64. The van der Waals surface area contributed by atoms with E-state index < -0.39 is 39.7 Å². The van der Waals surface area contributed by atoms with Gasteiger partial charge in [-0.25, -0.2) is 13.2 Å². The minimum Gasteiger partial charge on any atom is -0.507 e. The van der Waals surface area contributed by atoms with Crippen molar-refractivity contribution in [3.63, 3.8) is 0 Å². The lowest BCUT2D eigenvalue weighted by molar-refractivity contribution is -0.147. The standard InChI is InChI=1S/C18H15NO6S/c1-11-6-8-12(9-7-11)26(24,25)19-10-14(17(21)18(22)23)16(20)13-4-2-3-5-15(13)19/h2-9,20H,10H2,1H3,(H,22,23). The molecule has 134 valence electrons. The van der Waals surface area contributed by atoms with Crippen LogP contribution in [0.3, 0.4) is 0 Å². The van der Waals surface area contributed by atoms with Crippen molar-refractivity contribution in [2.24, 2.45) is 0 Å². The molecule has 0 amide bonds. The molecule has 0 spiro atoms. The van der Waals surface area contributed by atoms with Crippen LogP contribution in [-0.4, -0.2) is 36.9 Å². The van der Waals surface area contributed by atoms with Gasteiger partial charge in [0.2, 0.25) is 0 Å². The summed E-state index contributed by atoms with van der Waals surface area (Å²) in [5.41, 5.74) is 0.653. The number of fused-ring (bicyclic) bond motifs is 1. The number of Topliss-reactive ketones (excluding diaryl/α,β-unsaturated/α-hetero) is 1. The highest BCUT2D eigenvalue weighted by molar-refractivity contribution is 7.92. The van der Waals surface area contributed by atoms with E-state index in [-0.39, 0.29) is 16.1 Å². The number of para-hydroxylation sites is 1. The van der Waals surface area contributed by atoms with E-state index in [1.165, 1.54) is 24.3 Å². The third-order valence-corrected chi connectivity index (χ3v) is 5.87. The monoisotopic (exact) mass is 373 g/mol. The van der Waals surface area contributed by atoms with Crippen molar-refractivity contribution in [3.05, 3.63) is 65.2 Å². The summed E-state index contributed by atoms with van der Waals surface area (Å²) in [6.07, 6.45) is 0. The molecule has 0 saturated carbocycles. The average molecular weight is 373 g/mol. The second kappa shape index (κ2) is 6.30. The van der Waals surface area contributed by atoms with E-state index in [9.17, 15) is 23.1 Å². The molecule has 26 heavy (non-hydrogen) atoms. The van der Waals surface area contributed by atoms with Gasteiger partial charge in [0.25, 0.3) is 15.8 Å². The molecular formula is C18H15NO6S. The number of benzene rings is 2. The molecule has 2 aromatic carbocycles. The Balaban J connectivity index is 2.18. The highest BCUT2D eigenvalue weighted by Gasteiger charge is 2.36. The molecule has 1 aliphatic rings. The number of aliphatic hydroxyl groups excluding tert-OH is 1. The molecule has 1 heterocycles. The maximum atomic E-state index is 13.1. The predicted octanol–water partition coefficient (Wildman–Crippen LogP) is 2.13. The number of anilines is 1. The van der Waals surface area contributed by atoms with Crippen molar-refractivity contribution in [1.82, 2.24) is 0 Å². The van der Waals surface area contributed by atoms with Gasteiger partial charge in [-0.15, -0.1) is 0 Å². The van der Waals surface area contributed by atoms with Gasteiger partial charge < -0.3 is 10.2 Å². The van der Waals surface area contributed by atoms with Crippen LogP contribution < -0.4 is 4.31 Å². The Morgan fingerprint density at radius 3 is 2.27 bits per heavy atom. The zero-order valence-corrected chi connectivity index (χ0v) is 14.5. The van der Waals surface area contributed by atoms with E-state index in [2.05, 4.69) is 0 Å². The van der Waals surface area contributed by atoms with Crippen molar-refractivity contribution in [2.75, 3.05) is 10.8 Å². The zero-order chi connectivity index (χ0) is 19.1. The number of aliphatic hydroxyl groups is 1. The topological polar surface area (TPSA) is 112 Å². The summed E-state index contributed by atoms with van der Waals surface area (Å²) in [6.45, 7) is 1.25. The maximum absolute atomic E-state index is 13.1. The number of aryl methyl sites for hydroxylation is 1. The first-order chi connectivity index (χ1) is 12.2. The number of ketones is 1. The van der Waals surface area contributed by atoms with Crippen molar-refractivity contribution in [1.29, 1.82) is 0 Å². The SMILES string of the molecule is Cc1ccc(S(=O)(=O)N2CC(C(=O)C(=O)O)=C(O)c3ccccc32)cc1. The number of hydrogen-bond acceptors (Lipinski definition) is 5. The molecule has 3 rings (SSSR count). The van der Waals surface area contributed by atoms with Crippen LogP contribution in [0.15, 0.2) is 59.0 Å². The van der Waals surface area contributed by atoms with Crippen LogP contribution >= 0.6 is 0 Å². The fourth-order valence-corrected chi connectivity index (χ4v) is 4.17. The molecule has 0 aliphatic carbocycles. The molecule has 0 unspecified atom stereocenters. The second-order valence-corrected chi connectivity index (χ2v) is 7.67. The summed E-state index contributed by atoms with van der Waals surface area (Å²) in [5, 5.41) is 19.3. The molecule has 0 aromatic heterocycles. The second-order valence-electron chi connectivity index (χ2n) is 5.80. The van der Waals surface area contributed by atoms with Crippen LogP contribution in [0.1, 0.15) is 11.1 Å². The minimum absolute atomic E-state index is 0.00131. The Bertz CT molecular complexity index is 1040. The van der Waals surface area contributed by atoms with Crippen molar-refractivity contribution in [3.8, 4) is 0 Å². The zero-order valence-electron chi connectivity index (χ0n) is 13.7. The Morgan fingerprint density at radius 1 is 1.04 bits per heavy atom. The first-order valence-corrected chi connectivity index (χ1v) is 9.06. The number of nitrogens with zero attached hydrogens (tertiary/aromatic N) is 1. The van der Waals surface area contributed by atoms with Crippen LogP contribution in [0.5, 0.6) is 0 Å². The fraction of sp³-hybridized carbons (Fsp3) is 0.111. The molecule has 7 nitrogen and oxygen atoms in total. The number of sulfonamides is 1. The number of carbonyl (C=O) groups is 2. The summed E-state index contributed by atoms with van der Waals surface area (Å²) in [4.78, 5) is 23.0. The molecule has 0 radical (unpaired) electrons. The van der Waals surface area contributed by atoms with Gasteiger partial charge in [0.1, 0.15) is 5.76 Å². The summed E-state index contributed by atoms with van der Waals surface area (Å²) in [6, 6.07) is 12.2. The van der Waals surface area contributed by atoms with Gasteiger partial charge in [-0.05, 0) is 31.2 Å². The Kier molecular flexibility index (Phi) is 4.29. The highest BCUT2D eigenvalue weighted by Crippen LogP contribution is 2.37. The summed E-state index contributed by atoms with van der Waals surface area (Å²) < 4.78 is 27.1. The summed E-state index contributed by atoms with van der Waals surface area (Å²) >= 11 is 0. The molecule has 8 heteroatoms. The summed E-state index contributed by atoms with van der Waals surface area (Å²) in [7, 11) is -4.06. The number of hydrogen-bond donors (Lipinski definition) is 2. The van der Waals surface area contributed by atoms with Crippen LogP contribution in [-0.2, 0) is 19.6 Å². The van der Waals surface area contributed by atoms with Crippen molar-refractivity contribution < 1.29 is 28.2 Å². The molecular weight excluding hydrogens is 358 g/mol. The van der Waals surface area contributed by atoms with Gasteiger partial charge >= 0.3 is 5.97 Å². The van der Waals surface area contributed by atoms with E-state index in [0.717, 1.165) is 9.87 Å². The third kappa shape index (κ3) is 2.84. The Labute approximate surface area is 149 Å². The minimum atomic E-state index is -4.06. The molecule has 2 aromatic rings. The smallest absolute Gasteiger partial charge is 0.377 e. The normalized spacial score (nSPS) is 14.1.